The van der Waals surface area contributed by atoms with Crippen molar-refractivity contribution in [2.45, 2.75) is 13.5 Å². The first-order chi connectivity index (χ1) is 13.3. The van der Waals surface area contributed by atoms with Gasteiger partial charge in [0.15, 0.2) is 0 Å². The van der Waals surface area contributed by atoms with Gasteiger partial charge >= 0.3 is 5.97 Å². The van der Waals surface area contributed by atoms with Crippen molar-refractivity contribution < 1.29 is 19.0 Å². The van der Waals surface area contributed by atoms with Gasteiger partial charge < -0.3 is 14.4 Å². The second-order valence-electron chi connectivity index (χ2n) is 5.65. The Morgan fingerprint density at radius 1 is 1.21 bits per heavy atom. The van der Waals surface area contributed by atoms with E-state index in [1.165, 1.54) is 28.8 Å². The summed E-state index contributed by atoms with van der Waals surface area (Å²) in [5, 5.41) is 10.1. The number of rotatable bonds is 5. The van der Waals surface area contributed by atoms with Crippen molar-refractivity contribution in [3.05, 3.63) is 74.2 Å². The molecular weight excluding hydrogens is 410 g/mol. The quantitative estimate of drug-likeness (QED) is 0.593. The summed E-state index contributed by atoms with van der Waals surface area (Å²) in [6.07, 6.45) is 0. The highest BCUT2D eigenvalue weighted by molar-refractivity contribution is 6.42. The number of hydrogen-bond acceptors (Lipinski definition) is 4. The second kappa shape index (κ2) is 8.00. The third-order valence-corrected chi connectivity index (χ3v) is 4.63. The maximum atomic E-state index is 13.4. The molecule has 28 heavy (non-hydrogen) atoms. The molecule has 0 radical (unpaired) electrons. The van der Waals surface area contributed by atoms with Gasteiger partial charge in [0, 0.05) is 24.2 Å². The number of carbonyl (C=O) groups is 1. The standard InChI is InChI=1S/C19H13Cl2FN2O4/c1-2-24-16(28-15-5-3-4-14(22)23-15)9-13(25)17(19(26)27)18(24)10-6-7-11(20)12(21)8-10/h3-9H,2H2,1H3,(H,26,27). The lowest BCUT2D eigenvalue weighted by molar-refractivity contribution is 0.0695. The van der Waals surface area contributed by atoms with Crippen LogP contribution in [0.5, 0.6) is 11.8 Å². The summed E-state index contributed by atoms with van der Waals surface area (Å²) in [5.41, 5.74) is -0.764. The van der Waals surface area contributed by atoms with Crippen LogP contribution in [-0.2, 0) is 6.54 Å². The molecule has 0 amide bonds. The summed E-state index contributed by atoms with van der Waals surface area (Å²) in [6, 6.07) is 9.49. The van der Waals surface area contributed by atoms with Crippen LogP contribution in [0.1, 0.15) is 17.3 Å². The monoisotopic (exact) mass is 422 g/mol. The zero-order valence-electron chi connectivity index (χ0n) is 14.4. The second-order valence-corrected chi connectivity index (χ2v) is 6.46. The number of pyridine rings is 2. The molecule has 0 fully saturated rings. The zero-order chi connectivity index (χ0) is 20.4. The number of nitrogens with zero attached hydrogens (tertiary/aromatic N) is 2. The molecule has 1 N–H and O–H groups in total. The normalized spacial score (nSPS) is 10.7. The third-order valence-electron chi connectivity index (χ3n) is 3.90. The van der Waals surface area contributed by atoms with Crippen LogP contribution in [0.15, 0.2) is 47.3 Å². The van der Waals surface area contributed by atoms with E-state index in [1.54, 1.807) is 13.0 Å². The predicted molar refractivity (Wildman–Crippen MR) is 103 cm³/mol. The van der Waals surface area contributed by atoms with Crippen molar-refractivity contribution in [1.82, 2.24) is 9.55 Å². The van der Waals surface area contributed by atoms with E-state index in [0.717, 1.165) is 12.1 Å². The van der Waals surface area contributed by atoms with E-state index in [4.69, 9.17) is 27.9 Å². The Balaban J connectivity index is 2.28. The summed E-state index contributed by atoms with van der Waals surface area (Å²) in [6.45, 7) is 1.99. The molecule has 0 atom stereocenters. The van der Waals surface area contributed by atoms with Crippen LogP contribution in [-0.4, -0.2) is 20.6 Å². The number of ether oxygens (including phenoxy) is 1. The minimum atomic E-state index is -1.40. The van der Waals surface area contributed by atoms with Gasteiger partial charge in [-0.3, -0.25) is 4.79 Å². The van der Waals surface area contributed by atoms with E-state index in [2.05, 4.69) is 4.98 Å². The summed E-state index contributed by atoms with van der Waals surface area (Å²) in [5.74, 6) is -2.22. The highest BCUT2D eigenvalue weighted by Crippen LogP contribution is 2.32. The Kier molecular flexibility index (Phi) is 5.67. The highest BCUT2D eigenvalue weighted by atomic mass is 35.5. The summed E-state index contributed by atoms with van der Waals surface area (Å²) in [4.78, 5) is 27.9. The number of aromatic nitrogens is 2. The van der Waals surface area contributed by atoms with Gasteiger partial charge in [0.25, 0.3) is 0 Å². The van der Waals surface area contributed by atoms with Gasteiger partial charge in [-0.1, -0.05) is 35.3 Å². The van der Waals surface area contributed by atoms with Gasteiger partial charge in [-0.15, -0.1) is 0 Å². The van der Waals surface area contributed by atoms with Crippen LogP contribution in [0.25, 0.3) is 11.3 Å². The molecule has 0 saturated carbocycles. The highest BCUT2D eigenvalue weighted by Gasteiger charge is 2.23. The summed E-state index contributed by atoms with van der Waals surface area (Å²) >= 11 is 12.0. The first-order valence-corrected chi connectivity index (χ1v) is 8.84. The van der Waals surface area contributed by atoms with Gasteiger partial charge in [0.2, 0.25) is 23.1 Å². The van der Waals surface area contributed by atoms with E-state index in [-0.39, 0.29) is 34.0 Å². The number of hydrogen-bond donors (Lipinski definition) is 1. The molecule has 0 aliphatic rings. The molecule has 0 aliphatic heterocycles. The Morgan fingerprint density at radius 3 is 2.57 bits per heavy atom. The predicted octanol–water partition coefficient (Wildman–Crippen LogP) is 4.87. The van der Waals surface area contributed by atoms with Crippen LogP contribution in [0, 0.1) is 5.95 Å². The number of carboxylic acid groups (broad SMARTS) is 1. The lowest BCUT2D eigenvalue weighted by Gasteiger charge is -2.19. The Hall–Kier alpha value is -2.90. The van der Waals surface area contributed by atoms with E-state index < -0.39 is 22.9 Å². The molecule has 6 nitrogen and oxygen atoms in total. The lowest BCUT2D eigenvalue weighted by Crippen LogP contribution is -2.21. The van der Waals surface area contributed by atoms with Gasteiger partial charge in [-0.05, 0) is 25.1 Å². The molecular formula is C19H13Cl2FN2O4. The van der Waals surface area contributed by atoms with E-state index in [0.29, 0.717) is 5.56 Å². The molecule has 0 bridgehead atoms. The molecule has 0 saturated heterocycles. The number of carboxylic acids is 1. The molecule has 2 aromatic heterocycles. The van der Waals surface area contributed by atoms with Crippen LogP contribution >= 0.6 is 23.2 Å². The third kappa shape index (κ3) is 3.85. The Bertz CT molecular complexity index is 1130. The summed E-state index contributed by atoms with van der Waals surface area (Å²) in [7, 11) is 0. The van der Waals surface area contributed by atoms with E-state index in [9.17, 15) is 19.1 Å². The van der Waals surface area contributed by atoms with Crippen molar-refractivity contribution in [3.8, 4) is 23.0 Å². The minimum Gasteiger partial charge on any atom is -0.477 e. The molecule has 0 unspecified atom stereocenters. The SMILES string of the molecule is CCn1c(Oc2cccc(F)n2)cc(=O)c(C(=O)O)c1-c1ccc(Cl)c(Cl)c1. The van der Waals surface area contributed by atoms with Crippen molar-refractivity contribution in [1.29, 1.82) is 0 Å². The van der Waals surface area contributed by atoms with E-state index >= 15 is 0 Å². The molecule has 3 aromatic rings. The minimum absolute atomic E-state index is 0.0108. The maximum Gasteiger partial charge on any atom is 0.341 e. The van der Waals surface area contributed by atoms with Crippen LogP contribution in [0.3, 0.4) is 0 Å². The molecule has 144 valence electrons. The summed E-state index contributed by atoms with van der Waals surface area (Å²) < 4.78 is 20.4. The lowest BCUT2D eigenvalue weighted by atomic mass is 10.0. The van der Waals surface area contributed by atoms with Gasteiger partial charge in [0.1, 0.15) is 5.56 Å². The largest absolute Gasteiger partial charge is 0.477 e. The van der Waals surface area contributed by atoms with E-state index in [1.807, 2.05) is 0 Å². The average molecular weight is 423 g/mol. The zero-order valence-corrected chi connectivity index (χ0v) is 16.0. The van der Waals surface area contributed by atoms with Crippen molar-refractivity contribution in [2.75, 3.05) is 0 Å². The molecule has 0 aliphatic carbocycles. The first kappa shape index (κ1) is 19.9. The van der Waals surface area contributed by atoms with Crippen molar-refractivity contribution in [2.24, 2.45) is 0 Å². The first-order valence-electron chi connectivity index (χ1n) is 8.08. The maximum absolute atomic E-state index is 13.4. The fourth-order valence-electron chi connectivity index (χ4n) is 2.73. The fourth-order valence-corrected chi connectivity index (χ4v) is 3.02. The van der Waals surface area contributed by atoms with Crippen molar-refractivity contribution in [3.63, 3.8) is 0 Å². The van der Waals surface area contributed by atoms with Crippen LogP contribution in [0.2, 0.25) is 10.0 Å². The molecule has 0 spiro atoms. The number of halogens is 3. The molecule has 3 rings (SSSR count). The van der Waals surface area contributed by atoms with Crippen molar-refractivity contribution >= 4 is 29.2 Å². The topological polar surface area (TPSA) is 81.4 Å². The fraction of sp³-hybridized carbons (Fsp3) is 0.105. The number of benzene rings is 1. The van der Waals surface area contributed by atoms with Gasteiger partial charge in [-0.25, -0.2) is 4.79 Å². The molecule has 2 heterocycles. The molecule has 9 heteroatoms. The Morgan fingerprint density at radius 2 is 1.96 bits per heavy atom. The van der Waals surface area contributed by atoms with Gasteiger partial charge in [0.05, 0.1) is 15.7 Å². The van der Waals surface area contributed by atoms with Gasteiger partial charge in [-0.2, -0.15) is 9.37 Å². The Labute approximate surface area is 168 Å². The van der Waals surface area contributed by atoms with Crippen LogP contribution in [0.4, 0.5) is 4.39 Å². The molecule has 1 aromatic carbocycles. The smallest absolute Gasteiger partial charge is 0.341 e. The number of aromatic carboxylic acids is 1. The van der Waals surface area contributed by atoms with Crippen LogP contribution < -0.4 is 10.2 Å². The average Bonchev–Trinajstić information content (AvgIpc) is 2.63.